The zero-order valence-electron chi connectivity index (χ0n) is 12.7. The summed E-state index contributed by atoms with van der Waals surface area (Å²) < 4.78 is 62.8. The number of halogens is 3. The van der Waals surface area contributed by atoms with Crippen LogP contribution in [-0.2, 0) is 19.6 Å². The van der Waals surface area contributed by atoms with Crippen LogP contribution >= 0.6 is 0 Å². The number of alkyl halides is 3. The third kappa shape index (κ3) is 5.59. The Balaban J connectivity index is 0.000000322. The molecule has 2 fully saturated rings. The predicted molar refractivity (Wildman–Crippen MR) is 75.4 cm³/mol. The van der Waals surface area contributed by atoms with Crippen LogP contribution in [0.25, 0.3) is 0 Å². The Bertz CT molecular complexity index is 497. The van der Waals surface area contributed by atoms with Crippen molar-refractivity contribution in [3.8, 4) is 0 Å². The summed E-state index contributed by atoms with van der Waals surface area (Å²) in [4.78, 5) is 8.90. The number of hydrogen-bond acceptors (Lipinski definition) is 5. The lowest BCUT2D eigenvalue weighted by atomic mass is 10.0. The van der Waals surface area contributed by atoms with Gasteiger partial charge in [0.2, 0.25) is 10.0 Å². The Kier molecular flexibility index (Phi) is 7.24. The third-order valence-electron chi connectivity index (χ3n) is 3.79. The van der Waals surface area contributed by atoms with Crippen molar-refractivity contribution < 1.29 is 36.2 Å². The standard InChI is InChI=1S/C10H20N2O3S.C2HF3O2/c1-15-7-6-12-8-9-2-4-11-5-3-10(9)16(12,13)14;3-2(4,5)1(6)7/h9-11H,2-8H2,1H3;(H,6,7)/t9-,10-;/m1./s1. The number of methoxy groups -OCH3 is 1. The Labute approximate surface area is 132 Å². The van der Waals surface area contributed by atoms with E-state index in [1.54, 1.807) is 11.4 Å². The molecule has 0 unspecified atom stereocenters. The second-order valence-corrected chi connectivity index (χ2v) is 7.48. The average Bonchev–Trinajstić information content (AvgIpc) is 2.60. The number of nitrogens with one attached hydrogen (secondary N) is 1. The summed E-state index contributed by atoms with van der Waals surface area (Å²) in [5, 5.41) is 10.2. The fourth-order valence-corrected chi connectivity index (χ4v) is 4.88. The van der Waals surface area contributed by atoms with Gasteiger partial charge in [-0.2, -0.15) is 17.5 Å². The van der Waals surface area contributed by atoms with Gasteiger partial charge in [-0.1, -0.05) is 0 Å². The average molecular weight is 362 g/mol. The summed E-state index contributed by atoms with van der Waals surface area (Å²) in [5.74, 6) is -2.45. The molecule has 0 aromatic heterocycles. The summed E-state index contributed by atoms with van der Waals surface area (Å²) in [6, 6.07) is 0. The zero-order chi connectivity index (χ0) is 17.7. The van der Waals surface area contributed by atoms with Gasteiger partial charge < -0.3 is 15.2 Å². The maximum absolute atomic E-state index is 12.2. The van der Waals surface area contributed by atoms with Crippen molar-refractivity contribution in [1.29, 1.82) is 0 Å². The number of ether oxygens (including phenoxy) is 1. The molecule has 2 N–H and O–H groups in total. The predicted octanol–water partition coefficient (Wildman–Crippen LogP) is 0.280. The van der Waals surface area contributed by atoms with Crippen LogP contribution in [0.5, 0.6) is 0 Å². The monoisotopic (exact) mass is 362 g/mol. The first-order chi connectivity index (χ1) is 10.6. The molecule has 0 amide bonds. The van der Waals surface area contributed by atoms with Crippen molar-refractivity contribution in [1.82, 2.24) is 9.62 Å². The van der Waals surface area contributed by atoms with E-state index < -0.39 is 22.2 Å². The summed E-state index contributed by atoms with van der Waals surface area (Å²) in [7, 11) is -1.47. The van der Waals surface area contributed by atoms with Gasteiger partial charge in [-0.3, -0.25) is 0 Å². The van der Waals surface area contributed by atoms with E-state index in [2.05, 4.69) is 5.32 Å². The van der Waals surface area contributed by atoms with Gasteiger partial charge >= 0.3 is 12.1 Å². The molecule has 2 aliphatic rings. The van der Waals surface area contributed by atoms with Gasteiger partial charge in [0, 0.05) is 20.2 Å². The fourth-order valence-electron chi connectivity index (χ4n) is 2.65. The molecule has 11 heteroatoms. The van der Waals surface area contributed by atoms with Crippen LogP contribution in [0, 0.1) is 5.92 Å². The molecule has 2 heterocycles. The van der Waals surface area contributed by atoms with Crippen LogP contribution in [0.15, 0.2) is 0 Å². The number of rotatable bonds is 3. The number of aliphatic carboxylic acids is 1. The van der Waals surface area contributed by atoms with E-state index in [1.807, 2.05) is 0 Å². The number of nitrogens with zero attached hydrogens (tertiary/aromatic N) is 1. The third-order valence-corrected chi connectivity index (χ3v) is 6.23. The Morgan fingerprint density at radius 1 is 1.35 bits per heavy atom. The molecule has 0 spiro atoms. The number of carboxylic acids is 1. The second-order valence-electron chi connectivity index (χ2n) is 5.32. The molecule has 0 aliphatic carbocycles. The Hall–Kier alpha value is -0.910. The van der Waals surface area contributed by atoms with Crippen LogP contribution in [0.3, 0.4) is 0 Å². The highest BCUT2D eigenvalue weighted by Crippen LogP contribution is 2.32. The highest BCUT2D eigenvalue weighted by molar-refractivity contribution is 7.90. The lowest BCUT2D eigenvalue weighted by Gasteiger charge is -2.16. The molecule has 0 aromatic carbocycles. The molecule has 136 valence electrons. The van der Waals surface area contributed by atoms with E-state index in [0.717, 1.165) is 25.9 Å². The fraction of sp³-hybridized carbons (Fsp3) is 0.917. The van der Waals surface area contributed by atoms with Gasteiger partial charge in [0.1, 0.15) is 0 Å². The SMILES string of the molecule is COCCN1C[C@H]2CCNCC[C@H]2S1(=O)=O.O=C(O)C(F)(F)F. The van der Waals surface area contributed by atoms with Crippen molar-refractivity contribution in [2.45, 2.75) is 24.3 Å². The van der Waals surface area contributed by atoms with Crippen molar-refractivity contribution >= 4 is 16.0 Å². The number of sulfonamides is 1. The largest absolute Gasteiger partial charge is 0.490 e. The summed E-state index contributed by atoms with van der Waals surface area (Å²) >= 11 is 0. The van der Waals surface area contributed by atoms with Crippen LogP contribution < -0.4 is 5.32 Å². The minimum atomic E-state index is -5.08. The van der Waals surface area contributed by atoms with Gasteiger partial charge in [-0.15, -0.1) is 0 Å². The molecule has 0 radical (unpaired) electrons. The topological polar surface area (TPSA) is 95.9 Å². The van der Waals surface area contributed by atoms with E-state index in [0.29, 0.717) is 25.6 Å². The quantitative estimate of drug-likeness (QED) is 0.749. The number of carboxylic acid groups (broad SMARTS) is 1. The van der Waals surface area contributed by atoms with E-state index >= 15 is 0 Å². The maximum atomic E-state index is 12.2. The first-order valence-corrected chi connectivity index (χ1v) is 8.59. The summed E-state index contributed by atoms with van der Waals surface area (Å²) in [5.41, 5.74) is 0. The molecule has 0 bridgehead atoms. The molecule has 2 atom stereocenters. The lowest BCUT2D eigenvalue weighted by Crippen LogP contribution is -2.33. The summed E-state index contributed by atoms with van der Waals surface area (Å²) in [6.45, 7) is 3.42. The van der Waals surface area contributed by atoms with Gasteiger partial charge in [0.05, 0.1) is 11.9 Å². The van der Waals surface area contributed by atoms with Crippen molar-refractivity contribution in [3.05, 3.63) is 0 Å². The number of hydrogen-bond donors (Lipinski definition) is 2. The lowest BCUT2D eigenvalue weighted by molar-refractivity contribution is -0.192. The first-order valence-electron chi connectivity index (χ1n) is 7.09. The van der Waals surface area contributed by atoms with Gasteiger partial charge in [-0.25, -0.2) is 13.2 Å². The van der Waals surface area contributed by atoms with E-state index in [-0.39, 0.29) is 5.25 Å². The molecule has 2 rings (SSSR count). The molecule has 2 aliphatic heterocycles. The highest BCUT2D eigenvalue weighted by Gasteiger charge is 2.45. The number of carbonyl (C=O) groups is 1. The zero-order valence-corrected chi connectivity index (χ0v) is 13.5. The van der Waals surface area contributed by atoms with Crippen LogP contribution in [0.1, 0.15) is 12.8 Å². The number of fused-ring (bicyclic) bond motifs is 1. The maximum Gasteiger partial charge on any atom is 0.490 e. The minimum absolute atomic E-state index is 0.167. The van der Waals surface area contributed by atoms with Gasteiger partial charge in [0.25, 0.3) is 0 Å². The Morgan fingerprint density at radius 3 is 2.43 bits per heavy atom. The molecule has 23 heavy (non-hydrogen) atoms. The van der Waals surface area contributed by atoms with Crippen molar-refractivity contribution in [2.75, 3.05) is 39.9 Å². The van der Waals surface area contributed by atoms with Crippen molar-refractivity contribution in [2.24, 2.45) is 5.92 Å². The van der Waals surface area contributed by atoms with E-state index in [1.165, 1.54) is 0 Å². The molecular formula is C12H21F3N2O5S. The Morgan fingerprint density at radius 2 is 1.91 bits per heavy atom. The van der Waals surface area contributed by atoms with Crippen LogP contribution in [-0.4, -0.2) is 75.1 Å². The van der Waals surface area contributed by atoms with Crippen molar-refractivity contribution in [3.63, 3.8) is 0 Å². The highest BCUT2D eigenvalue weighted by atomic mass is 32.2. The smallest absolute Gasteiger partial charge is 0.475 e. The second kappa shape index (κ2) is 8.27. The van der Waals surface area contributed by atoms with Crippen LogP contribution in [0.4, 0.5) is 13.2 Å². The summed E-state index contributed by atoms with van der Waals surface area (Å²) in [6.07, 6.45) is -3.37. The molecular weight excluding hydrogens is 341 g/mol. The molecule has 2 saturated heterocycles. The van der Waals surface area contributed by atoms with Gasteiger partial charge in [-0.05, 0) is 31.8 Å². The van der Waals surface area contributed by atoms with Crippen LogP contribution in [0.2, 0.25) is 0 Å². The van der Waals surface area contributed by atoms with E-state index in [4.69, 9.17) is 14.6 Å². The minimum Gasteiger partial charge on any atom is -0.475 e. The molecule has 0 saturated carbocycles. The van der Waals surface area contributed by atoms with Gasteiger partial charge in [0.15, 0.2) is 0 Å². The molecule has 0 aromatic rings. The first kappa shape index (κ1) is 20.1. The molecule has 7 nitrogen and oxygen atoms in total. The normalized spacial score (nSPS) is 27.5. The van der Waals surface area contributed by atoms with E-state index in [9.17, 15) is 21.6 Å².